The highest BCUT2D eigenvalue weighted by molar-refractivity contribution is 5.98. The van der Waals surface area contributed by atoms with Crippen LogP contribution in [0.25, 0.3) is 5.69 Å². The van der Waals surface area contributed by atoms with E-state index in [0.717, 1.165) is 12.1 Å². The third kappa shape index (κ3) is 4.04. The van der Waals surface area contributed by atoms with Crippen molar-refractivity contribution in [3.63, 3.8) is 0 Å². The highest BCUT2D eigenvalue weighted by Gasteiger charge is 2.17. The minimum atomic E-state index is -0.312. The number of nitrogens with zero attached hydrogens (tertiary/aromatic N) is 1. The van der Waals surface area contributed by atoms with Crippen LogP contribution in [-0.2, 0) is 4.79 Å². The first-order chi connectivity index (χ1) is 11.7. The van der Waals surface area contributed by atoms with Crippen molar-refractivity contribution in [2.24, 2.45) is 5.92 Å². The van der Waals surface area contributed by atoms with E-state index in [1.54, 1.807) is 6.07 Å². The lowest BCUT2D eigenvalue weighted by atomic mass is 10.0. The van der Waals surface area contributed by atoms with Gasteiger partial charge < -0.3 is 4.57 Å². The van der Waals surface area contributed by atoms with Crippen LogP contribution in [0.15, 0.2) is 48.8 Å². The Balaban J connectivity index is 1.54. The van der Waals surface area contributed by atoms with Crippen molar-refractivity contribution in [3.8, 4) is 5.69 Å². The average Bonchev–Trinajstić information content (AvgIpc) is 3.31. The summed E-state index contributed by atoms with van der Waals surface area (Å²) < 4.78 is 1.87. The number of benzene rings is 1. The Morgan fingerprint density at radius 3 is 2.46 bits per heavy atom. The zero-order chi connectivity index (χ0) is 16.8. The molecule has 1 aromatic carbocycles. The molecule has 2 amide bonds. The quantitative estimate of drug-likeness (QED) is 0.829. The number of amides is 2. The van der Waals surface area contributed by atoms with Gasteiger partial charge in [-0.15, -0.1) is 0 Å². The molecule has 126 valence electrons. The van der Waals surface area contributed by atoms with Crippen LogP contribution in [-0.4, -0.2) is 16.4 Å². The van der Waals surface area contributed by atoms with E-state index in [4.69, 9.17) is 0 Å². The number of carbonyl (C=O) groups excluding carboxylic acids is 2. The molecule has 1 aliphatic carbocycles. The second kappa shape index (κ2) is 7.81. The van der Waals surface area contributed by atoms with Crippen LogP contribution in [0.3, 0.4) is 0 Å². The molecule has 0 bridgehead atoms. The van der Waals surface area contributed by atoms with Gasteiger partial charge in [-0.2, -0.15) is 0 Å². The zero-order valence-electron chi connectivity index (χ0n) is 13.7. The van der Waals surface area contributed by atoms with Crippen molar-refractivity contribution in [1.82, 2.24) is 15.4 Å². The van der Waals surface area contributed by atoms with Gasteiger partial charge >= 0.3 is 0 Å². The molecule has 0 radical (unpaired) electrons. The van der Waals surface area contributed by atoms with Crippen LogP contribution < -0.4 is 10.9 Å². The van der Waals surface area contributed by atoms with Crippen LogP contribution in [0.4, 0.5) is 0 Å². The monoisotopic (exact) mass is 325 g/mol. The highest BCUT2D eigenvalue weighted by atomic mass is 16.2. The van der Waals surface area contributed by atoms with Crippen molar-refractivity contribution in [1.29, 1.82) is 0 Å². The van der Waals surface area contributed by atoms with Gasteiger partial charge in [0.15, 0.2) is 0 Å². The molecule has 2 aromatic rings. The van der Waals surface area contributed by atoms with Gasteiger partial charge in [0.25, 0.3) is 5.91 Å². The Hall–Kier alpha value is -2.56. The first-order valence-electron chi connectivity index (χ1n) is 8.55. The molecule has 0 saturated heterocycles. The minimum Gasteiger partial charge on any atom is -0.323 e. The number of aromatic nitrogens is 1. The third-order valence-corrected chi connectivity index (χ3v) is 4.60. The Bertz CT molecular complexity index is 688. The Kier molecular flexibility index (Phi) is 5.31. The van der Waals surface area contributed by atoms with E-state index >= 15 is 0 Å². The van der Waals surface area contributed by atoms with Crippen LogP contribution in [0.5, 0.6) is 0 Å². The third-order valence-electron chi connectivity index (χ3n) is 4.60. The van der Waals surface area contributed by atoms with Gasteiger partial charge in [-0.3, -0.25) is 20.4 Å². The lowest BCUT2D eigenvalue weighted by molar-refractivity contribution is -0.122. The summed E-state index contributed by atoms with van der Waals surface area (Å²) in [7, 11) is 0. The summed E-state index contributed by atoms with van der Waals surface area (Å²) in [5, 5.41) is 0. The molecule has 1 aromatic heterocycles. The molecule has 1 heterocycles. The molecule has 0 atom stereocenters. The first kappa shape index (κ1) is 16.3. The Morgan fingerprint density at radius 2 is 1.71 bits per heavy atom. The van der Waals surface area contributed by atoms with Gasteiger partial charge in [-0.25, -0.2) is 0 Å². The van der Waals surface area contributed by atoms with Gasteiger partial charge in [0.2, 0.25) is 5.91 Å². The maximum absolute atomic E-state index is 12.4. The number of hydrogen-bond donors (Lipinski definition) is 2. The summed E-state index contributed by atoms with van der Waals surface area (Å²) >= 11 is 0. The largest absolute Gasteiger partial charge is 0.323 e. The van der Waals surface area contributed by atoms with Crippen molar-refractivity contribution in [2.45, 2.75) is 38.5 Å². The summed E-state index contributed by atoms with van der Waals surface area (Å²) in [5.74, 6) is 0.225. The minimum absolute atomic E-state index is 0.131. The number of para-hydroxylation sites is 1. The van der Waals surface area contributed by atoms with Crippen molar-refractivity contribution in [3.05, 3.63) is 54.4 Å². The molecule has 2 N–H and O–H groups in total. The molecule has 1 saturated carbocycles. The van der Waals surface area contributed by atoms with E-state index in [9.17, 15) is 9.59 Å². The summed E-state index contributed by atoms with van der Waals surface area (Å²) in [6.45, 7) is 0. The Labute approximate surface area is 142 Å². The molecule has 1 aliphatic rings. The van der Waals surface area contributed by atoms with E-state index in [1.807, 2.05) is 47.3 Å². The number of hydrogen-bond acceptors (Lipinski definition) is 2. The fourth-order valence-corrected chi connectivity index (χ4v) is 3.28. The van der Waals surface area contributed by atoms with Gasteiger partial charge in [-0.1, -0.05) is 37.8 Å². The molecular weight excluding hydrogens is 302 g/mol. The standard InChI is InChI=1S/C19H23N3O2/c23-18(12-11-15-7-1-2-8-15)20-21-19(24)16-9-3-4-10-17(16)22-13-5-6-14-22/h3-6,9-10,13-15H,1-2,7-8,11-12H2,(H,20,23)(H,21,24). The van der Waals surface area contributed by atoms with E-state index in [0.29, 0.717) is 17.9 Å². The maximum atomic E-state index is 12.4. The number of hydrazine groups is 1. The maximum Gasteiger partial charge on any atom is 0.271 e. The zero-order valence-corrected chi connectivity index (χ0v) is 13.7. The van der Waals surface area contributed by atoms with Crippen LogP contribution >= 0.6 is 0 Å². The second-order valence-corrected chi connectivity index (χ2v) is 6.30. The molecule has 0 aliphatic heterocycles. The summed E-state index contributed by atoms with van der Waals surface area (Å²) in [5.41, 5.74) is 6.35. The number of carbonyl (C=O) groups is 2. The highest BCUT2D eigenvalue weighted by Crippen LogP contribution is 2.28. The van der Waals surface area contributed by atoms with E-state index < -0.39 is 0 Å². The van der Waals surface area contributed by atoms with E-state index in [-0.39, 0.29) is 11.8 Å². The lowest BCUT2D eigenvalue weighted by Gasteiger charge is -2.12. The molecule has 24 heavy (non-hydrogen) atoms. The Morgan fingerprint density at radius 1 is 1.00 bits per heavy atom. The fraction of sp³-hybridized carbons (Fsp3) is 0.368. The van der Waals surface area contributed by atoms with Gasteiger partial charge in [0.1, 0.15) is 0 Å². The van der Waals surface area contributed by atoms with Gasteiger partial charge in [0, 0.05) is 18.8 Å². The predicted octanol–water partition coefficient (Wildman–Crippen LogP) is 3.21. The molecular formula is C19H23N3O2. The van der Waals surface area contributed by atoms with Crippen molar-refractivity contribution in [2.75, 3.05) is 0 Å². The van der Waals surface area contributed by atoms with Crippen molar-refractivity contribution >= 4 is 11.8 Å². The first-order valence-corrected chi connectivity index (χ1v) is 8.55. The topological polar surface area (TPSA) is 63.1 Å². The second-order valence-electron chi connectivity index (χ2n) is 6.30. The van der Waals surface area contributed by atoms with Crippen LogP contribution in [0.2, 0.25) is 0 Å². The summed E-state index contributed by atoms with van der Waals surface area (Å²) in [4.78, 5) is 24.3. The summed E-state index contributed by atoms with van der Waals surface area (Å²) in [6, 6.07) is 11.1. The average molecular weight is 325 g/mol. The number of rotatable bonds is 5. The van der Waals surface area contributed by atoms with Gasteiger partial charge in [-0.05, 0) is 36.6 Å². The molecule has 0 spiro atoms. The number of nitrogens with one attached hydrogen (secondary N) is 2. The molecule has 3 rings (SSSR count). The van der Waals surface area contributed by atoms with Crippen molar-refractivity contribution < 1.29 is 9.59 Å². The molecule has 1 fully saturated rings. The van der Waals surface area contributed by atoms with E-state index in [1.165, 1.54) is 25.7 Å². The van der Waals surface area contributed by atoms with Crippen LogP contribution in [0.1, 0.15) is 48.9 Å². The lowest BCUT2D eigenvalue weighted by Crippen LogP contribution is -2.42. The normalized spacial score (nSPS) is 14.5. The SMILES string of the molecule is O=C(CCC1CCCC1)NNC(=O)c1ccccc1-n1cccc1. The molecule has 5 heteroatoms. The molecule has 0 unspecified atom stereocenters. The van der Waals surface area contributed by atoms with Crippen LogP contribution in [0, 0.1) is 5.92 Å². The van der Waals surface area contributed by atoms with E-state index in [2.05, 4.69) is 10.9 Å². The smallest absolute Gasteiger partial charge is 0.271 e. The summed E-state index contributed by atoms with van der Waals surface area (Å²) in [6.07, 6.45) is 10.1. The van der Waals surface area contributed by atoms with Gasteiger partial charge in [0.05, 0.1) is 11.3 Å². The predicted molar refractivity (Wildman–Crippen MR) is 92.6 cm³/mol. The fourth-order valence-electron chi connectivity index (χ4n) is 3.28. The molecule has 5 nitrogen and oxygen atoms in total.